The average Bonchev–Trinajstić information content (AvgIpc) is 2.42. The summed E-state index contributed by atoms with van der Waals surface area (Å²) in [5.41, 5.74) is 1.13. The highest BCUT2D eigenvalue weighted by atomic mass is 79.9. The summed E-state index contributed by atoms with van der Waals surface area (Å²) < 4.78 is 11.1. The highest BCUT2D eigenvalue weighted by Crippen LogP contribution is 2.23. The van der Waals surface area contributed by atoms with E-state index in [0.29, 0.717) is 28.9 Å². The molecule has 2 rings (SSSR count). The number of nitrogens with zero attached hydrogens (tertiary/aromatic N) is 1. The molecule has 6 heteroatoms. The molecule has 5 nitrogen and oxygen atoms in total. The molecule has 1 N–H and O–H groups in total. The minimum atomic E-state index is -0.582. The third kappa shape index (κ3) is 3.07. The van der Waals surface area contributed by atoms with Gasteiger partial charge in [-0.15, -0.1) is 0 Å². The van der Waals surface area contributed by atoms with E-state index < -0.39 is 6.10 Å². The number of amides is 1. The molecule has 1 aliphatic rings. The molecule has 1 unspecified atom stereocenters. The van der Waals surface area contributed by atoms with Crippen molar-refractivity contribution < 1.29 is 14.3 Å². The monoisotopic (exact) mass is 310 g/mol. The molecule has 1 fully saturated rings. The van der Waals surface area contributed by atoms with Crippen LogP contribution in [0, 0.1) is 11.3 Å². The first kappa shape index (κ1) is 13.0. The van der Waals surface area contributed by atoms with Crippen LogP contribution >= 0.6 is 15.9 Å². The average molecular weight is 311 g/mol. The van der Waals surface area contributed by atoms with Crippen molar-refractivity contribution in [2.75, 3.05) is 25.1 Å². The normalized spacial score (nSPS) is 19.0. The van der Waals surface area contributed by atoms with Crippen LogP contribution < -0.4 is 5.32 Å². The summed E-state index contributed by atoms with van der Waals surface area (Å²) in [4.78, 5) is 11.9. The third-order valence-electron chi connectivity index (χ3n) is 2.46. The Morgan fingerprint density at radius 3 is 2.94 bits per heavy atom. The highest BCUT2D eigenvalue weighted by molar-refractivity contribution is 9.10. The minimum absolute atomic E-state index is 0.250. The number of benzene rings is 1. The van der Waals surface area contributed by atoms with Gasteiger partial charge >= 0.3 is 0 Å². The summed E-state index contributed by atoms with van der Waals surface area (Å²) in [6.07, 6.45) is -0.582. The van der Waals surface area contributed by atoms with Crippen molar-refractivity contribution in [2.24, 2.45) is 0 Å². The zero-order valence-electron chi connectivity index (χ0n) is 9.48. The summed E-state index contributed by atoms with van der Waals surface area (Å²) in [6, 6.07) is 6.98. The quantitative estimate of drug-likeness (QED) is 0.902. The fraction of sp³-hybridized carbons (Fsp3) is 0.333. The van der Waals surface area contributed by atoms with Crippen LogP contribution in [-0.2, 0) is 14.3 Å². The molecule has 1 aromatic carbocycles. The van der Waals surface area contributed by atoms with E-state index in [0.717, 1.165) is 0 Å². The van der Waals surface area contributed by atoms with E-state index in [-0.39, 0.29) is 12.5 Å². The van der Waals surface area contributed by atoms with Crippen molar-refractivity contribution in [3.05, 3.63) is 28.2 Å². The fourth-order valence-electron chi connectivity index (χ4n) is 1.54. The van der Waals surface area contributed by atoms with Gasteiger partial charge in [0.1, 0.15) is 0 Å². The summed E-state index contributed by atoms with van der Waals surface area (Å²) in [7, 11) is 0. The zero-order valence-corrected chi connectivity index (χ0v) is 11.1. The van der Waals surface area contributed by atoms with Gasteiger partial charge in [-0.1, -0.05) is 0 Å². The van der Waals surface area contributed by atoms with Gasteiger partial charge in [-0.05, 0) is 34.1 Å². The Bertz CT molecular complexity index is 493. The Kier molecular flexibility index (Phi) is 4.31. The first-order valence-electron chi connectivity index (χ1n) is 5.40. The van der Waals surface area contributed by atoms with Gasteiger partial charge in [-0.3, -0.25) is 4.79 Å². The van der Waals surface area contributed by atoms with Crippen LogP contribution in [0.3, 0.4) is 0 Å². The van der Waals surface area contributed by atoms with E-state index >= 15 is 0 Å². The number of nitrogens with one attached hydrogen (secondary N) is 1. The number of hydrogen-bond acceptors (Lipinski definition) is 4. The second-order valence-corrected chi connectivity index (χ2v) is 4.58. The van der Waals surface area contributed by atoms with Crippen molar-refractivity contribution in [1.29, 1.82) is 5.26 Å². The number of nitriles is 1. The minimum Gasteiger partial charge on any atom is -0.376 e. The van der Waals surface area contributed by atoms with E-state index in [9.17, 15) is 4.79 Å². The van der Waals surface area contributed by atoms with Crippen LogP contribution in [0.2, 0.25) is 0 Å². The summed E-state index contributed by atoms with van der Waals surface area (Å²) in [5, 5.41) is 11.5. The van der Waals surface area contributed by atoms with Crippen LogP contribution in [0.1, 0.15) is 5.56 Å². The van der Waals surface area contributed by atoms with Gasteiger partial charge in [0.25, 0.3) is 5.91 Å². The zero-order chi connectivity index (χ0) is 13.0. The summed E-state index contributed by atoms with van der Waals surface area (Å²) >= 11 is 3.30. The standard InChI is InChI=1S/C12H11BrN2O3/c13-9-5-8(6-14)1-2-10(9)15-12(16)11-7-17-3-4-18-11/h1-2,5,11H,3-4,7H2,(H,15,16). The first-order chi connectivity index (χ1) is 8.70. The van der Waals surface area contributed by atoms with Crippen LogP contribution in [0.4, 0.5) is 5.69 Å². The Morgan fingerprint density at radius 1 is 1.50 bits per heavy atom. The fourth-order valence-corrected chi connectivity index (χ4v) is 2.02. The van der Waals surface area contributed by atoms with Gasteiger partial charge in [0.15, 0.2) is 6.10 Å². The van der Waals surface area contributed by atoms with Crippen molar-refractivity contribution in [2.45, 2.75) is 6.10 Å². The largest absolute Gasteiger partial charge is 0.376 e. The molecule has 1 heterocycles. The lowest BCUT2D eigenvalue weighted by molar-refractivity contribution is -0.142. The maximum atomic E-state index is 11.9. The second kappa shape index (κ2) is 5.96. The maximum Gasteiger partial charge on any atom is 0.255 e. The molecule has 0 aliphatic carbocycles. The molecule has 1 aliphatic heterocycles. The lowest BCUT2D eigenvalue weighted by atomic mass is 10.2. The number of anilines is 1. The predicted molar refractivity (Wildman–Crippen MR) is 68.0 cm³/mol. The van der Waals surface area contributed by atoms with Gasteiger partial charge in [-0.25, -0.2) is 0 Å². The smallest absolute Gasteiger partial charge is 0.255 e. The second-order valence-electron chi connectivity index (χ2n) is 3.73. The molecule has 1 saturated heterocycles. The summed E-state index contributed by atoms with van der Waals surface area (Å²) in [6.45, 7) is 1.21. The molecule has 1 amide bonds. The van der Waals surface area contributed by atoms with E-state index in [1.54, 1.807) is 18.2 Å². The Balaban J connectivity index is 2.04. The number of rotatable bonds is 2. The van der Waals surface area contributed by atoms with Crippen molar-refractivity contribution in [3.63, 3.8) is 0 Å². The molecule has 94 valence electrons. The lowest BCUT2D eigenvalue weighted by Gasteiger charge is -2.22. The van der Waals surface area contributed by atoms with Crippen LogP contribution in [0.25, 0.3) is 0 Å². The van der Waals surface area contributed by atoms with Crippen molar-refractivity contribution in [3.8, 4) is 6.07 Å². The van der Waals surface area contributed by atoms with E-state index in [1.165, 1.54) is 0 Å². The van der Waals surface area contributed by atoms with Gasteiger partial charge in [0, 0.05) is 4.47 Å². The molecule has 0 aromatic heterocycles. The SMILES string of the molecule is N#Cc1ccc(NC(=O)C2COCCO2)c(Br)c1. The Labute approximate surface area is 113 Å². The number of carbonyl (C=O) groups is 1. The molecule has 1 atom stereocenters. The highest BCUT2D eigenvalue weighted by Gasteiger charge is 2.23. The molecular weight excluding hydrogens is 300 g/mol. The van der Waals surface area contributed by atoms with Gasteiger partial charge in [0.05, 0.1) is 37.1 Å². The molecule has 1 aromatic rings. The van der Waals surface area contributed by atoms with Gasteiger partial charge in [0.2, 0.25) is 0 Å². The topological polar surface area (TPSA) is 71.4 Å². The maximum absolute atomic E-state index is 11.9. The molecule has 18 heavy (non-hydrogen) atoms. The number of hydrogen-bond donors (Lipinski definition) is 1. The van der Waals surface area contributed by atoms with E-state index in [2.05, 4.69) is 21.2 Å². The molecule has 0 spiro atoms. The molecule has 0 saturated carbocycles. The molecule has 0 radical (unpaired) electrons. The van der Waals surface area contributed by atoms with Crippen LogP contribution in [0.5, 0.6) is 0 Å². The molecule has 0 bridgehead atoms. The van der Waals surface area contributed by atoms with Crippen molar-refractivity contribution in [1.82, 2.24) is 0 Å². The number of halogens is 1. The molecular formula is C12H11BrN2O3. The van der Waals surface area contributed by atoms with Crippen molar-refractivity contribution >= 4 is 27.5 Å². The number of carbonyl (C=O) groups excluding carboxylic acids is 1. The summed E-state index contributed by atoms with van der Waals surface area (Å²) in [5.74, 6) is -0.250. The van der Waals surface area contributed by atoms with Gasteiger partial charge in [-0.2, -0.15) is 5.26 Å². The van der Waals surface area contributed by atoms with E-state index in [1.807, 2.05) is 6.07 Å². The third-order valence-corrected chi connectivity index (χ3v) is 3.12. The first-order valence-corrected chi connectivity index (χ1v) is 6.20. The van der Waals surface area contributed by atoms with E-state index in [4.69, 9.17) is 14.7 Å². The lowest BCUT2D eigenvalue weighted by Crippen LogP contribution is -2.39. The van der Waals surface area contributed by atoms with Crippen LogP contribution in [-0.4, -0.2) is 31.8 Å². The van der Waals surface area contributed by atoms with Gasteiger partial charge < -0.3 is 14.8 Å². The number of ether oxygens (including phenoxy) is 2. The predicted octanol–water partition coefficient (Wildman–Crippen LogP) is 1.67. The Hall–Kier alpha value is -1.42. The van der Waals surface area contributed by atoms with Crippen LogP contribution in [0.15, 0.2) is 22.7 Å². The Morgan fingerprint density at radius 2 is 2.33 bits per heavy atom.